The second kappa shape index (κ2) is 6.26. The lowest BCUT2D eigenvalue weighted by molar-refractivity contribution is 0.367. The predicted molar refractivity (Wildman–Crippen MR) is 71.7 cm³/mol. The number of halogens is 1. The molecule has 0 atom stereocenters. The fourth-order valence-corrected chi connectivity index (χ4v) is 3.24. The molecule has 0 amide bonds. The summed E-state index contributed by atoms with van der Waals surface area (Å²) in [5, 5.41) is 3.36. The van der Waals surface area contributed by atoms with Crippen LogP contribution in [-0.2, 0) is 0 Å². The Labute approximate surface area is 106 Å². The standard InChI is InChI=1S/C13H19FN2S/c14-11-1-2-12(15)13(9-11)17-8-5-10-3-6-16-7-4-10/h1-2,9-10,16H,3-8,15H2. The molecule has 3 N–H and O–H groups in total. The van der Waals surface area contributed by atoms with Crippen molar-refractivity contribution in [2.24, 2.45) is 5.92 Å². The van der Waals surface area contributed by atoms with Gasteiger partial charge in [-0.25, -0.2) is 4.39 Å². The number of anilines is 1. The highest BCUT2D eigenvalue weighted by molar-refractivity contribution is 7.99. The maximum atomic E-state index is 13.1. The maximum absolute atomic E-state index is 13.1. The molecule has 2 rings (SSSR count). The number of nitrogens with two attached hydrogens (primary N) is 1. The van der Waals surface area contributed by atoms with Crippen LogP contribution in [-0.4, -0.2) is 18.8 Å². The van der Waals surface area contributed by atoms with E-state index in [1.807, 2.05) is 0 Å². The van der Waals surface area contributed by atoms with E-state index in [0.717, 1.165) is 29.7 Å². The Bertz CT molecular complexity index is 364. The molecular weight excluding hydrogens is 235 g/mol. The quantitative estimate of drug-likeness (QED) is 0.641. The average molecular weight is 254 g/mol. The predicted octanol–water partition coefficient (Wildman–Crippen LogP) is 2.89. The van der Waals surface area contributed by atoms with Crippen LogP contribution in [0.5, 0.6) is 0 Å². The molecule has 0 aliphatic carbocycles. The molecule has 94 valence electrons. The van der Waals surface area contributed by atoms with E-state index in [0.29, 0.717) is 5.69 Å². The van der Waals surface area contributed by atoms with Crippen LogP contribution in [0.15, 0.2) is 23.1 Å². The highest BCUT2D eigenvalue weighted by Gasteiger charge is 2.12. The summed E-state index contributed by atoms with van der Waals surface area (Å²) in [6.45, 7) is 2.27. The third-order valence-corrected chi connectivity index (χ3v) is 4.32. The largest absolute Gasteiger partial charge is 0.398 e. The van der Waals surface area contributed by atoms with Gasteiger partial charge in [0.15, 0.2) is 0 Å². The second-order valence-corrected chi connectivity index (χ2v) is 5.65. The van der Waals surface area contributed by atoms with Crippen LogP contribution in [0.1, 0.15) is 19.3 Å². The van der Waals surface area contributed by atoms with Crippen molar-refractivity contribution in [1.82, 2.24) is 5.32 Å². The van der Waals surface area contributed by atoms with Crippen molar-refractivity contribution in [1.29, 1.82) is 0 Å². The summed E-state index contributed by atoms with van der Waals surface area (Å²) in [6, 6.07) is 4.58. The van der Waals surface area contributed by atoms with Gasteiger partial charge in [-0.2, -0.15) is 0 Å². The Morgan fingerprint density at radius 3 is 2.88 bits per heavy atom. The third kappa shape index (κ3) is 3.89. The van der Waals surface area contributed by atoms with Crippen LogP contribution in [0.4, 0.5) is 10.1 Å². The van der Waals surface area contributed by atoms with Crippen LogP contribution in [0.2, 0.25) is 0 Å². The summed E-state index contributed by atoms with van der Waals surface area (Å²) in [6.07, 6.45) is 3.72. The Morgan fingerprint density at radius 1 is 1.35 bits per heavy atom. The molecule has 1 aromatic rings. The van der Waals surface area contributed by atoms with Gasteiger partial charge in [-0.3, -0.25) is 0 Å². The Kier molecular flexibility index (Phi) is 4.68. The van der Waals surface area contributed by atoms with Crippen molar-refractivity contribution in [2.45, 2.75) is 24.2 Å². The monoisotopic (exact) mass is 254 g/mol. The van der Waals surface area contributed by atoms with Gasteiger partial charge in [-0.1, -0.05) is 0 Å². The fourth-order valence-electron chi connectivity index (χ4n) is 2.14. The van der Waals surface area contributed by atoms with E-state index < -0.39 is 0 Å². The van der Waals surface area contributed by atoms with E-state index in [4.69, 9.17) is 5.73 Å². The summed E-state index contributed by atoms with van der Waals surface area (Å²) >= 11 is 1.67. The van der Waals surface area contributed by atoms with E-state index in [-0.39, 0.29) is 5.82 Å². The van der Waals surface area contributed by atoms with Crippen molar-refractivity contribution in [3.8, 4) is 0 Å². The number of benzene rings is 1. The van der Waals surface area contributed by atoms with Gasteiger partial charge in [0.05, 0.1) is 0 Å². The smallest absolute Gasteiger partial charge is 0.124 e. The first-order valence-electron chi connectivity index (χ1n) is 6.14. The summed E-state index contributed by atoms with van der Waals surface area (Å²) in [5.74, 6) is 1.64. The normalized spacial score (nSPS) is 17.2. The lowest BCUT2D eigenvalue weighted by atomic mass is 9.96. The molecule has 1 aliphatic heterocycles. The molecule has 0 bridgehead atoms. The first-order chi connectivity index (χ1) is 8.25. The van der Waals surface area contributed by atoms with Gasteiger partial charge in [-0.05, 0) is 62.2 Å². The van der Waals surface area contributed by atoms with E-state index in [2.05, 4.69) is 5.32 Å². The summed E-state index contributed by atoms with van der Waals surface area (Å²) in [5.41, 5.74) is 6.49. The zero-order valence-electron chi connectivity index (χ0n) is 9.92. The van der Waals surface area contributed by atoms with E-state index in [1.165, 1.54) is 31.4 Å². The summed E-state index contributed by atoms with van der Waals surface area (Å²) in [7, 11) is 0. The van der Waals surface area contributed by atoms with Crippen LogP contribution >= 0.6 is 11.8 Å². The maximum Gasteiger partial charge on any atom is 0.124 e. The van der Waals surface area contributed by atoms with Gasteiger partial charge in [0.25, 0.3) is 0 Å². The topological polar surface area (TPSA) is 38.0 Å². The number of hydrogen-bond acceptors (Lipinski definition) is 3. The molecule has 0 spiro atoms. The van der Waals surface area contributed by atoms with Crippen LogP contribution < -0.4 is 11.1 Å². The van der Waals surface area contributed by atoms with Crippen molar-refractivity contribution in [3.05, 3.63) is 24.0 Å². The SMILES string of the molecule is Nc1ccc(F)cc1SCCC1CCNCC1. The van der Waals surface area contributed by atoms with E-state index >= 15 is 0 Å². The van der Waals surface area contributed by atoms with Crippen LogP contribution in [0.3, 0.4) is 0 Å². The Hall–Kier alpha value is -0.740. The Morgan fingerprint density at radius 2 is 2.12 bits per heavy atom. The minimum absolute atomic E-state index is 0.205. The fraction of sp³-hybridized carbons (Fsp3) is 0.538. The third-order valence-electron chi connectivity index (χ3n) is 3.22. The first kappa shape index (κ1) is 12.7. The molecule has 0 radical (unpaired) electrons. The van der Waals surface area contributed by atoms with Crippen molar-refractivity contribution < 1.29 is 4.39 Å². The average Bonchev–Trinajstić information content (AvgIpc) is 2.35. The van der Waals surface area contributed by atoms with E-state index in [9.17, 15) is 4.39 Å². The molecule has 17 heavy (non-hydrogen) atoms. The lowest BCUT2D eigenvalue weighted by Gasteiger charge is -2.22. The molecule has 1 aromatic carbocycles. The highest BCUT2D eigenvalue weighted by atomic mass is 32.2. The lowest BCUT2D eigenvalue weighted by Crippen LogP contribution is -2.27. The van der Waals surface area contributed by atoms with Crippen LogP contribution in [0.25, 0.3) is 0 Å². The summed E-state index contributed by atoms with van der Waals surface area (Å²) in [4.78, 5) is 0.874. The number of nitrogen functional groups attached to an aromatic ring is 1. The van der Waals surface area contributed by atoms with Gasteiger partial charge >= 0.3 is 0 Å². The molecular formula is C13H19FN2S. The van der Waals surface area contributed by atoms with Crippen LogP contribution in [0, 0.1) is 11.7 Å². The molecule has 1 aliphatic rings. The number of rotatable bonds is 4. The zero-order valence-corrected chi connectivity index (χ0v) is 10.7. The van der Waals surface area contributed by atoms with Gasteiger partial charge in [0.2, 0.25) is 0 Å². The molecule has 0 saturated carbocycles. The molecule has 0 unspecified atom stereocenters. The number of nitrogens with one attached hydrogen (secondary N) is 1. The zero-order chi connectivity index (χ0) is 12.1. The molecule has 2 nitrogen and oxygen atoms in total. The summed E-state index contributed by atoms with van der Waals surface area (Å²) < 4.78 is 13.1. The minimum Gasteiger partial charge on any atom is -0.398 e. The second-order valence-electron chi connectivity index (χ2n) is 4.51. The molecule has 1 saturated heterocycles. The number of thioether (sulfide) groups is 1. The van der Waals surface area contributed by atoms with Gasteiger partial charge in [0.1, 0.15) is 5.82 Å². The number of piperidine rings is 1. The Balaban J connectivity index is 1.79. The van der Waals surface area contributed by atoms with Gasteiger partial charge < -0.3 is 11.1 Å². The van der Waals surface area contributed by atoms with Crippen molar-refractivity contribution in [3.63, 3.8) is 0 Å². The molecule has 0 aromatic heterocycles. The first-order valence-corrected chi connectivity index (χ1v) is 7.13. The molecule has 4 heteroatoms. The van der Waals surface area contributed by atoms with E-state index in [1.54, 1.807) is 17.8 Å². The van der Waals surface area contributed by atoms with Gasteiger partial charge in [-0.15, -0.1) is 11.8 Å². The van der Waals surface area contributed by atoms with Crippen molar-refractivity contribution in [2.75, 3.05) is 24.6 Å². The number of hydrogen-bond donors (Lipinski definition) is 2. The molecule has 1 heterocycles. The van der Waals surface area contributed by atoms with Gasteiger partial charge in [0, 0.05) is 10.6 Å². The molecule has 1 fully saturated rings. The minimum atomic E-state index is -0.205. The van der Waals surface area contributed by atoms with Crippen molar-refractivity contribution >= 4 is 17.4 Å². The highest BCUT2D eigenvalue weighted by Crippen LogP contribution is 2.28.